The second-order valence-corrected chi connectivity index (χ2v) is 7.48. The molecule has 2 aromatic rings. The summed E-state index contributed by atoms with van der Waals surface area (Å²) in [5, 5.41) is 2.84. The van der Waals surface area contributed by atoms with Crippen molar-refractivity contribution in [2.75, 3.05) is 26.2 Å². The van der Waals surface area contributed by atoms with Gasteiger partial charge in [-0.3, -0.25) is 4.79 Å². The third-order valence-electron chi connectivity index (χ3n) is 4.05. The zero-order chi connectivity index (χ0) is 19.0. The van der Waals surface area contributed by atoms with Crippen molar-refractivity contribution in [1.29, 1.82) is 0 Å². The summed E-state index contributed by atoms with van der Waals surface area (Å²) >= 11 is 0. The molecule has 0 aliphatic carbocycles. The van der Waals surface area contributed by atoms with Crippen LogP contribution in [0.5, 0.6) is 0 Å². The molecule has 2 rings (SSSR count). The van der Waals surface area contributed by atoms with Crippen LogP contribution in [0.4, 0.5) is 0 Å². The lowest BCUT2D eigenvalue weighted by molar-refractivity contribution is 0.0949. The average molecular weight is 379 g/mol. The number of nitrogens with one attached hydrogen (secondary N) is 2. The molecule has 1 aromatic heterocycles. The van der Waals surface area contributed by atoms with Gasteiger partial charge in [0.2, 0.25) is 10.0 Å². The molecule has 0 unspecified atom stereocenters. The molecule has 1 amide bonds. The Hall–Kier alpha value is -2.16. The van der Waals surface area contributed by atoms with Crippen molar-refractivity contribution in [2.24, 2.45) is 0 Å². The predicted molar refractivity (Wildman–Crippen MR) is 99.3 cm³/mol. The number of carbonyl (C=O) groups is 1. The number of benzene rings is 1. The van der Waals surface area contributed by atoms with Crippen LogP contribution in [-0.2, 0) is 16.6 Å². The molecule has 0 spiro atoms. The van der Waals surface area contributed by atoms with Crippen molar-refractivity contribution in [2.45, 2.75) is 25.3 Å². The molecule has 0 atom stereocenters. The average Bonchev–Trinajstić information content (AvgIpc) is 3.17. The van der Waals surface area contributed by atoms with E-state index in [0.717, 1.165) is 19.6 Å². The Morgan fingerprint density at radius 3 is 2.38 bits per heavy atom. The predicted octanol–water partition coefficient (Wildman–Crippen LogP) is 1.83. The summed E-state index contributed by atoms with van der Waals surface area (Å²) in [7, 11) is -3.66. The number of nitrogens with zero attached hydrogens (tertiary/aromatic N) is 1. The van der Waals surface area contributed by atoms with Gasteiger partial charge < -0.3 is 14.6 Å². The molecule has 0 bridgehead atoms. The highest BCUT2D eigenvalue weighted by molar-refractivity contribution is 7.89. The Morgan fingerprint density at radius 1 is 1.12 bits per heavy atom. The lowest BCUT2D eigenvalue weighted by Crippen LogP contribution is -2.34. The van der Waals surface area contributed by atoms with E-state index in [4.69, 9.17) is 4.42 Å². The minimum atomic E-state index is -3.66. The molecule has 1 heterocycles. The summed E-state index contributed by atoms with van der Waals surface area (Å²) in [6.45, 7) is 7.42. The standard InChI is InChI=1S/C18H25N3O4S/c1-3-21(4-2)12-11-19-18(22)15-7-9-17(10-8-15)26(23,24)20-14-16-6-5-13-25-16/h5-10,13,20H,3-4,11-12,14H2,1-2H3,(H,19,22). The molecule has 0 aliphatic heterocycles. The van der Waals surface area contributed by atoms with Gasteiger partial charge in [0.15, 0.2) is 0 Å². The zero-order valence-corrected chi connectivity index (χ0v) is 15.9. The first-order valence-corrected chi connectivity index (χ1v) is 10.1. The number of rotatable bonds is 10. The van der Waals surface area contributed by atoms with Crippen molar-refractivity contribution >= 4 is 15.9 Å². The fraction of sp³-hybridized carbons (Fsp3) is 0.389. The topological polar surface area (TPSA) is 91.7 Å². The van der Waals surface area contributed by atoms with Gasteiger partial charge in [0.05, 0.1) is 17.7 Å². The Labute approximate surface area is 154 Å². The highest BCUT2D eigenvalue weighted by atomic mass is 32.2. The van der Waals surface area contributed by atoms with Crippen LogP contribution < -0.4 is 10.0 Å². The van der Waals surface area contributed by atoms with Gasteiger partial charge in [-0.2, -0.15) is 0 Å². The Kier molecular flexibility index (Phi) is 7.38. The molecule has 0 fully saturated rings. The number of amides is 1. The first-order chi connectivity index (χ1) is 12.5. The number of likely N-dealkylation sites (N-methyl/N-ethyl adjacent to an activating group) is 1. The Morgan fingerprint density at radius 2 is 1.81 bits per heavy atom. The van der Waals surface area contributed by atoms with Crippen molar-refractivity contribution in [3.8, 4) is 0 Å². The number of sulfonamides is 1. The second kappa shape index (κ2) is 9.51. The monoisotopic (exact) mass is 379 g/mol. The van der Waals surface area contributed by atoms with Gasteiger partial charge in [-0.15, -0.1) is 0 Å². The molecule has 8 heteroatoms. The minimum absolute atomic E-state index is 0.0723. The fourth-order valence-electron chi connectivity index (χ4n) is 2.42. The molecule has 7 nitrogen and oxygen atoms in total. The molecule has 1 aromatic carbocycles. The largest absolute Gasteiger partial charge is 0.468 e. The van der Waals surface area contributed by atoms with Crippen molar-refractivity contribution in [3.63, 3.8) is 0 Å². The molecule has 0 saturated carbocycles. The quantitative estimate of drug-likeness (QED) is 0.657. The molecule has 0 radical (unpaired) electrons. The summed E-state index contributed by atoms with van der Waals surface area (Å²) in [5.74, 6) is 0.308. The molecule has 2 N–H and O–H groups in total. The third-order valence-corrected chi connectivity index (χ3v) is 5.47. The van der Waals surface area contributed by atoms with E-state index in [1.165, 1.54) is 30.5 Å². The lowest BCUT2D eigenvalue weighted by Gasteiger charge is -2.17. The molecular formula is C18H25N3O4S. The second-order valence-electron chi connectivity index (χ2n) is 5.71. The van der Waals surface area contributed by atoms with E-state index < -0.39 is 10.0 Å². The van der Waals surface area contributed by atoms with Crippen LogP contribution in [0, 0.1) is 0 Å². The fourth-order valence-corrected chi connectivity index (χ4v) is 3.41. The van der Waals surface area contributed by atoms with Gasteiger partial charge >= 0.3 is 0 Å². The van der Waals surface area contributed by atoms with Crippen LogP contribution in [0.3, 0.4) is 0 Å². The summed E-state index contributed by atoms with van der Waals surface area (Å²) < 4.78 is 32.1. The first kappa shape index (κ1) is 20.2. The van der Waals surface area contributed by atoms with Crippen molar-refractivity contribution in [3.05, 3.63) is 54.0 Å². The van der Waals surface area contributed by atoms with Gasteiger partial charge in [-0.1, -0.05) is 13.8 Å². The maximum atomic E-state index is 12.3. The highest BCUT2D eigenvalue weighted by Crippen LogP contribution is 2.11. The molecule has 0 saturated heterocycles. The molecular weight excluding hydrogens is 354 g/mol. The maximum absolute atomic E-state index is 12.3. The smallest absolute Gasteiger partial charge is 0.251 e. The van der Waals surface area contributed by atoms with E-state index >= 15 is 0 Å². The van der Waals surface area contributed by atoms with Gasteiger partial charge in [0, 0.05) is 18.7 Å². The Bertz CT molecular complexity index is 782. The summed E-state index contributed by atoms with van der Waals surface area (Å²) in [4.78, 5) is 14.4. The van der Waals surface area contributed by atoms with Crippen molar-refractivity contribution in [1.82, 2.24) is 14.9 Å². The van der Waals surface area contributed by atoms with Crippen molar-refractivity contribution < 1.29 is 17.6 Å². The highest BCUT2D eigenvalue weighted by Gasteiger charge is 2.15. The number of carbonyl (C=O) groups excluding carboxylic acids is 1. The van der Waals surface area contributed by atoms with E-state index in [2.05, 4.69) is 28.8 Å². The van der Waals surface area contributed by atoms with Crippen LogP contribution in [-0.4, -0.2) is 45.4 Å². The van der Waals surface area contributed by atoms with Gasteiger partial charge in [-0.05, 0) is 49.5 Å². The van der Waals surface area contributed by atoms with E-state index in [1.807, 2.05) is 0 Å². The first-order valence-electron chi connectivity index (χ1n) is 8.59. The molecule has 142 valence electrons. The Balaban J connectivity index is 1.91. The summed E-state index contributed by atoms with van der Waals surface area (Å²) in [6.07, 6.45) is 1.48. The zero-order valence-electron chi connectivity index (χ0n) is 15.1. The van der Waals surface area contributed by atoms with Crippen LogP contribution in [0.25, 0.3) is 0 Å². The third kappa shape index (κ3) is 5.69. The normalized spacial score (nSPS) is 11.7. The van der Waals surface area contributed by atoms with Crippen LogP contribution in [0.15, 0.2) is 52.0 Å². The molecule has 26 heavy (non-hydrogen) atoms. The number of furan rings is 1. The van der Waals surface area contributed by atoms with Gasteiger partial charge in [0.25, 0.3) is 5.91 Å². The lowest BCUT2D eigenvalue weighted by atomic mass is 10.2. The van der Waals surface area contributed by atoms with Crippen LogP contribution in [0.1, 0.15) is 30.0 Å². The summed E-state index contributed by atoms with van der Waals surface area (Å²) in [6, 6.07) is 9.24. The van der Waals surface area contributed by atoms with Crippen LogP contribution in [0.2, 0.25) is 0 Å². The SMILES string of the molecule is CCN(CC)CCNC(=O)c1ccc(S(=O)(=O)NCc2ccco2)cc1. The maximum Gasteiger partial charge on any atom is 0.251 e. The van der Waals surface area contributed by atoms with Gasteiger partial charge in [0.1, 0.15) is 5.76 Å². The summed E-state index contributed by atoms with van der Waals surface area (Å²) in [5.41, 5.74) is 0.425. The van der Waals surface area contributed by atoms with E-state index in [-0.39, 0.29) is 17.3 Å². The van der Waals surface area contributed by atoms with Gasteiger partial charge in [-0.25, -0.2) is 13.1 Å². The van der Waals surface area contributed by atoms with E-state index in [0.29, 0.717) is 17.9 Å². The number of hydrogen-bond donors (Lipinski definition) is 2. The molecule has 0 aliphatic rings. The minimum Gasteiger partial charge on any atom is -0.468 e. The number of hydrogen-bond acceptors (Lipinski definition) is 5. The van der Waals surface area contributed by atoms with Crippen LogP contribution >= 0.6 is 0 Å². The van der Waals surface area contributed by atoms with E-state index in [1.54, 1.807) is 12.1 Å². The van der Waals surface area contributed by atoms with E-state index in [9.17, 15) is 13.2 Å².